The van der Waals surface area contributed by atoms with Crippen molar-refractivity contribution in [1.29, 1.82) is 0 Å². The first-order chi connectivity index (χ1) is 38.0. The molecule has 0 atom stereocenters. The van der Waals surface area contributed by atoms with Gasteiger partial charge in [0.2, 0.25) is 0 Å². The van der Waals surface area contributed by atoms with Crippen LogP contribution in [0.25, 0.3) is 32.7 Å². The lowest BCUT2D eigenvalue weighted by Crippen LogP contribution is -2.08. The summed E-state index contributed by atoms with van der Waals surface area (Å²) in [6, 6.07) is 68.2. The molecular weight excluding hydrogens is 953 g/mol. The maximum Gasteiger partial charge on any atom is 0.115 e. The molecule has 0 bridgehead atoms. The second kappa shape index (κ2) is 37.9. The Labute approximate surface area is 483 Å². The minimum atomic E-state index is 0.350. The Morgan fingerprint density at radius 3 is 1.28 bits per heavy atom. The zero-order valence-corrected chi connectivity index (χ0v) is 51.6. The van der Waals surface area contributed by atoms with Crippen molar-refractivity contribution in [2.45, 2.75) is 179 Å². The third-order valence-electron chi connectivity index (χ3n) is 14.7. The molecule has 1 aliphatic rings. The highest BCUT2D eigenvalue weighted by Crippen LogP contribution is 2.29. The van der Waals surface area contributed by atoms with Gasteiger partial charge in [0.1, 0.15) is 5.75 Å². The molecule has 0 saturated heterocycles. The van der Waals surface area contributed by atoms with E-state index in [4.69, 9.17) is 5.11 Å². The number of hydrogen-bond donors (Lipinski definition) is 1. The van der Waals surface area contributed by atoms with Crippen LogP contribution in [0.3, 0.4) is 0 Å². The Bertz CT molecular complexity index is 2750. The van der Waals surface area contributed by atoms with E-state index in [9.17, 15) is 0 Å². The predicted octanol–water partition coefficient (Wildman–Crippen LogP) is 23.3. The standard InChI is InChI=1S/C17H20.C15H18.C14H16.C11H16O.C11H16.C10H20/c1-14(2)8-9-15-10-12-17(13-11-15)16-6-4-3-5-7-16;1-12(2)7-8-13-9-10-14-5-3-4-6-15(14)11-13;1-11(2)10-13-8-5-7-12-6-3-4-9-14(12)13;1-9(2)3-4-10-5-7-11(12)8-6-10;1-10(2)8-9-11-6-4-3-5-7-11;1-9(2)8-10-6-4-3-5-7-10/h3-7,10-14H,8-9H2,1-2H3;3-6,9-12H,7-8H2,1-2H3;3-9,11H,10H2,1-2H3;5-9,12H,3-4H2,1-2H3;3-7,10H,8-9H2,1-2H3;9-10H,3-8H2,1-2H3. The molecule has 0 aromatic heterocycles. The number of fused-ring (bicyclic) bond motifs is 2. The average molecular weight is 1060 g/mol. The molecule has 1 N–H and O–H groups in total. The summed E-state index contributed by atoms with van der Waals surface area (Å²) in [5, 5.41) is 14.5. The first-order valence-electron chi connectivity index (χ1n) is 30.9. The molecule has 0 amide bonds. The SMILES string of the molecule is CC(C)CC1CCCCC1.CC(C)CCc1ccc(-c2ccccc2)cc1.CC(C)CCc1ccc(O)cc1.CC(C)CCc1ccc2ccccc2c1.CC(C)CCc1ccccc1.CC(C)Cc1cccc2ccccc12. The van der Waals surface area contributed by atoms with E-state index >= 15 is 0 Å². The highest BCUT2D eigenvalue weighted by molar-refractivity contribution is 5.85. The highest BCUT2D eigenvalue weighted by atomic mass is 16.3. The molecule has 0 spiro atoms. The number of rotatable bonds is 17. The van der Waals surface area contributed by atoms with Crippen molar-refractivity contribution in [3.63, 3.8) is 0 Å². The van der Waals surface area contributed by atoms with Crippen molar-refractivity contribution in [2.75, 3.05) is 0 Å². The van der Waals surface area contributed by atoms with E-state index in [2.05, 4.69) is 253 Å². The zero-order valence-electron chi connectivity index (χ0n) is 51.6. The van der Waals surface area contributed by atoms with E-state index in [-0.39, 0.29) is 0 Å². The Morgan fingerprint density at radius 1 is 0.342 bits per heavy atom. The van der Waals surface area contributed by atoms with Gasteiger partial charge in [0.15, 0.2) is 0 Å². The number of phenolic OH excluding ortho intramolecular Hbond substituents is 1. The summed E-state index contributed by atoms with van der Waals surface area (Å²) < 4.78 is 0. The van der Waals surface area contributed by atoms with Crippen LogP contribution in [0.1, 0.15) is 175 Å². The second-order valence-corrected chi connectivity index (χ2v) is 25.0. The lowest BCUT2D eigenvalue weighted by atomic mass is 9.84. The monoisotopic (exact) mass is 1060 g/mol. The summed E-state index contributed by atoms with van der Waals surface area (Å²) in [5.41, 5.74) is 9.74. The predicted molar refractivity (Wildman–Crippen MR) is 352 cm³/mol. The molecule has 424 valence electrons. The molecule has 1 nitrogen and oxygen atoms in total. The van der Waals surface area contributed by atoms with Gasteiger partial charge in [-0.15, -0.1) is 0 Å². The van der Waals surface area contributed by atoms with Gasteiger partial charge in [-0.3, -0.25) is 0 Å². The quantitative estimate of drug-likeness (QED) is 0.0964. The molecule has 1 fully saturated rings. The normalized spacial score (nSPS) is 12.2. The van der Waals surface area contributed by atoms with Crippen LogP contribution < -0.4 is 0 Å². The van der Waals surface area contributed by atoms with Gasteiger partial charge >= 0.3 is 0 Å². The Balaban J connectivity index is 0.000000206. The summed E-state index contributed by atoms with van der Waals surface area (Å²) in [5.74, 6) is 6.20. The third-order valence-corrected chi connectivity index (χ3v) is 14.7. The highest BCUT2D eigenvalue weighted by Gasteiger charge is 2.14. The van der Waals surface area contributed by atoms with Crippen LogP contribution in [0, 0.1) is 41.4 Å². The number of hydrogen-bond acceptors (Lipinski definition) is 1. The topological polar surface area (TPSA) is 20.2 Å². The van der Waals surface area contributed by atoms with E-state index in [1.54, 1.807) is 12.1 Å². The van der Waals surface area contributed by atoms with E-state index in [0.29, 0.717) is 5.75 Å². The molecule has 0 unspecified atom stereocenters. The van der Waals surface area contributed by atoms with Crippen LogP contribution in [-0.2, 0) is 32.1 Å². The van der Waals surface area contributed by atoms with Gasteiger partial charge in [0.25, 0.3) is 0 Å². The summed E-state index contributed by atoms with van der Waals surface area (Å²) >= 11 is 0. The molecule has 79 heavy (non-hydrogen) atoms. The Hall–Kier alpha value is -5.92. The fraction of sp³-hybridized carbons (Fsp3) is 0.436. The van der Waals surface area contributed by atoms with Crippen LogP contribution in [0.2, 0.25) is 0 Å². The van der Waals surface area contributed by atoms with E-state index in [0.717, 1.165) is 47.8 Å². The zero-order chi connectivity index (χ0) is 57.2. The number of benzene rings is 8. The van der Waals surface area contributed by atoms with Crippen molar-refractivity contribution in [3.8, 4) is 16.9 Å². The van der Waals surface area contributed by atoms with E-state index in [1.165, 1.54) is 150 Å². The maximum absolute atomic E-state index is 9.03. The summed E-state index contributed by atoms with van der Waals surface area (Å²) in [4.78, 5) is 0. The van der Waals surface area contributed by atoms with Crippen molar-refractivity contribution in [2.24, 2.45) is 41.4 Å². The third kappa shape index (κ3) is 28.7. The fourth-order valence-corrected chi connectivity index (χ4v) is 10.0. The molecule has 0 radical (unpaired) electrons. The van der Waals surface area contributed by atoms with Crippen LogP contribution in [-0.4, -0.2) is 5.11 Å². The maximum atomic E-state index is 9.03. The number of aromatic hydroxyl groups is 1. The Morgan fingerprint density at radius 2 is 0.759 bits per heavy atom. The van der Waals surface area contributed by atoms with Crippen molar-refractivity contribution in [1.82, 2.24) is 0 Å². The van der Waals surface area contributed by atoms with Gasteiger partial charge < -0.3 is 5.11 Å². The first kappa shape index (κ1) is 65.6. The summed E-state index contributed by atoms with van der Waals surface area (Å²) in [7, 11) is 0. The number of phenols is 1. The van der Waals surface area contributed by atoms with E-state index in [1.807, 2.05) is 12.1 Å². The van der Waals surface area contributed by atoms with Gasteiger partial charge in [-0.25, -0.2) is 0 Å². The average Bonchev–Trinajstić information content (AvgIpc) is 3.45. The molecule has 0 heterocycles. The molecule has 9 rings (SSSR count). The van der Waals surface area contributed by atoms with Crippen molar-refractivity contribution >= 4 is 21.5 Å². The van der Waals surface area contributed by atoms with Crippen LogP contribution in [0.15, 0.2) is 194 Å². The molecule has 1 saturated carbocycles. The minimum Gasteiger partial charge on any atom is -0.508 e. The summed E-state index contributed by atoms with van der Waals surface area (Å²) in [6.07, 6.45) is 19.9. The van der Waals surface area contributed by atoms with Gasteiger partial charge in [-0.05, 0) is 178 Å². The molecule has 8 aromatic carbocycles. The minimum absolute atomic E-state index is 0.350. The lowest BCUT2D eigenvalue weighted by Gasteiger charge is -2.22. The van der Waals surface area contributed by atoms with Crippen molar-refractivity contribution in [3.05, 3.63) is 222 Å². The second-order valence-electron chi connectivity index (χ2n) is 25.0. The molecule has 8 aromatic rings. The molecular formula is C78H106O. The van der Waals surface area contributed by atoms with Crippen LogP contribution >= 0.6 is 0 Å². The van der Waals surface area contributed by atoms with Crippen molar-refractivity contribution < 1.29 is 5.11 Å². The number of aryl methyl sites for hydroxylation is 4. The molecule has 1 heteroatoms. The van der Waals surface area contributed by atoms with Crippen LogP contribution in [0.4, 0.5) is 0 Å². The first-order valence-corrected chi connectivity index (χ1v) is 30.9. The smallest absolute Gasteiger partial charge is 0.115 e. The van der Waals surface area contributed by atoms with Gasteiger partial charge in [-0.1, -0.05) is 297 Å². The fourth-order valence-electron chi connectivity index (χ4n) is 10.0. The van der Waals surface area contributed by atoms with Gasteiger partial charge in [0.05, 0.1) is 0 Å². The molecule has 0 aliphatic heterocycles. The molecule has 1 aliphatic carbocycles. The largest absolute Gasteiger partial charge is 0.508 e. The van der Waals surface area contributed by atoms with E-state index < -0.39 is 0 Å². The van der Waals surface area contributed by atoms with Crippen LogP contribution in [0.5, 0.6) is 5.75 Å². The Kier molecular flexibility index (Phi) is 31.4. The van der Waals surface area contributed by atoms with Gasteiger partial charge in [0, 0.05) is 0 Å². The lowest BCUT2D eigenvalue weighted by molar-refractivity contribution is 0.305. The summed E-state index contributed by atoms with van der Waals surface area (Å²) in [6.45, 7) is 27.3. The van der Waals surface area contributed by atoms with Gasteiger partial charge in [-0.2, -0.15) is 0 Å².